The maximum absolute atomic E-state index is 12.2. The Hall–Kier alpha value is -3.22. The van der Waals surface area contributed by atoms with E-state index in [0.717, 1.165) is 11.3 Å². The first-order valence-corrected chi connectivity index (χ1v) is 9.09. The number of hydrogen-bond acceptors (Lipinski definition) is 5. The summed E-state index contributed by atoms with van der Waals surface area (Å²) in [6.45, 7) is 5.07. The molecule has 0 heterocycles. The zero-order valence-electron chi connectivity index (χ0n) is 16.5. The van der Waals surface area contributed by atoms with Crippen LogP contribution >= 0.6 is 0 Å². The van der Waals surface area contributed by atoms with Gasteiger partial charge in [0, 0.05) is 24.3 Å². The fourth-order valence-corrected chi connectivity index (χ4v) is 2.46. The number of anilines is 1. The molecule has 7 nitrogen and oxygen atoms in total. The number of benzene rings is 2. The number of nitrogens with one attached hydrogen (secondary N) is 2. The van der Waals surface area contributed by atoms with Gasteiger partial charge in [0.15, 0.2) is 18.1 Å². The summed E-state index contributed by atoms with van der Waals surface area (Å²) in [6, 6.07) is 12.8. The standard InChI is InChI=1S/C21H27N3O4/c1-14(2)11-24-21(26)16-5-4-6-17(10-16)23-12-15-7-8-18(19(9-15)27-3)28-13-20(22)25/h4-10,14,23H,11-13H2,1-3H3,(H2,22,25)(H,24,26). The Kier molecular flexibility index (Phi) is 7.68. The highest BCUT2D eigenvalue weighted by Crippen LogP contribution is 2.28. The largest absolute Gasteiger partial charge is 0.493 e. The zero-order valence-corrected chi connectivity index (χ0v) is 16.5. The van der Waals surface area contributed by atoms with Gasteiger partial charge in [-0.15, -0.1) is 0 Å². The van der Waals surface area contributed by atoms with E-state index in [-0.39, 0.29) is 12.5 Å². The molecule has 0 fully saturated rings. The van der Waals surface area contributed by atoms with Crippen LogP contribution in [0.25, 0.3) is 0 Å². The van der Waals surface area contributed by atoms with Gasteiger partial charge in [0.05, 0.1) is 7.11 Å². The quantitative estimate of drug-likeness (QED) is 0.583. The van der Waals surface area contributed by atoms with Crippen LogP contribution in [0.2, 0.25) is 0 Å². The maximum atomic E-state index is 12.2. The molecule has 0 radical (unpaired) electrons. The van der Waals surface area contributed by atoms with Gasteiger partial charge in [0.1, 0.15) is 0 Å². The second-order valence-electron chi connectivity index (χ2n) is 6.78. The van der Waals surface area contributed by atoms with Gasteiger partial charge < -0.3 is 25.8 Å². The van der Waals surface area contributed by atoms with Crippen molar-refractivity contribution in [1.82, 2.24) is 5.32 Å². The van der Waals surface area contributed by atoms with Crippen molar-refractivity contribution in [2.75, 3.05) is 25.6 Å². The fraction of sp³-hybridized carbons (Fsp3) is 0.333. The van der Waals surface area contributed by atoms with Crippen molar-refractivity contribution in [3.8, 4) is 11.5 Å². The van der Waals surface area contributed by atoms with Crippen molar-refractivity contribution >= 4 is 17.5 Å². The van der Waals surface area contributed by atoms with Gasteiger partial charge in [-0.25, -0.2) is 0 Å². The van der Waals surface area contributed by atoms with Crippen molar-refractivity contribution in [2.24, 2.45) is 11.7 Å². The van der Waals surface area contributed by atoms with Crippen LogP contribution in [0.4, 0.5) is 5.69 Å². The van der Waals surface area contributed by atoms with Crippen molar-refractivity contribution in [2.45, 2.75) is 20.4 Å². The van der Waals surface area contributed by atoms with Gasteiger partial charge in [0.2, 0.25) is 0 Å². The molecule has 0 saturated carbocycles. The minimum Gasteiger partial charge on any atom is -0.493 e. The molecule has 0 bridgehead atoms. The number of carbonyl (C=O) groups is 2. The number of amides is 2. The average Bonchev–Trinajstić information content (AvgIpc) is 2.69. The molecule has 4 N–H and O–H groups in total. The first-order valence-electron chi connectivity index (χ1n) is 9.09. The van der Waals surface area contributed by atoms with Gasteiger partial charge in [-0.05, 0) is 41.8 Å². The van der Waals surface area contributed by atoms with Gasteiger partial charge in [0.25, 0.3) is 11.8 Å². The second kappa shape index (κ2) is 10.2. The lowest BCUT2D eigenvalue weighted by atomic mass is 10.1. The molecule has 2 aromatic carbocycles. The number of hydrogen-bond donors (Lipinski definition) is 3. The lowest BCUT2D eigenvalue weighted by Gasteiger charge is -2.13. The number of rotatable bonds is 10. The molecule has 2 aromatic rings. The molecule has 0 aliphatic carbocycles. The third-order valence-corrected chi connectivity index (χ3v) is 3.89. The van der Waals surface area contributed by atoms with Crippen LogP contribution in [-0.4, -0.2) is 32.1 Å². The molecule has 0 aliphatic heterocycles. The lowest BCUT2D eigenvalue weighted by molar-refractivity contribution is -0.119. The molecule has 0 saturated heterocycles. The summed E-state index contributed by atoms with van der Waals surface area (Å²) >= 11 is 0. The normalized spacial score (nSPS) is 10.4. The molecule has 0 aliphatic rings. The summed E-state index contributed by atoms with van der Waals surface area (Å²) in [5.74, 6) is 0.728. The molecule has 0 unspecified atom stereocenters. The van der Waals surface area contributed by atoms with E-state index in [2.05, 4.69) is 24.5 Å². The Balaban J connectivity index is 2.00. The van der Waals surface area contributed by atoms with E-state index < -0.39 is 5.91 Å². The Morgan fingerprint density at radius 3 is 2.57 bits per heavy atom. The SMILES string of the molecule is COc1cc(CNc2cccc(C(=O)NCC(C)C)c2)ccc1OCC(N)=O. The molecular weight excluding hydrogens is 358 g/mol. The predicted octanol–water partition coefficient (Wildman–Crippen LogP) is 2.56. The van der Waals surface area contributed by atoms with Crippen LogP contribution in [0, 0.1) is 5.92 Å². The highest BCUT2D eigenvalue weighted by atomic mass is 16.5. The molecule has 2 amide bonds. The topological polar surface area (TPSA) is 103 Å². The van der Waals surface area contributed by atoms with Crippen LogP contribution in [-0.2, 0) is 11.3 Å². The van der Waals surface area contributed by atoms with Crippen LogP contribution in [0.3, 0.4) is 0 Å². The van der Waals surface area contributed by atoms with Gasteiger partial charge in [-0.1, -0.05) is 26.0 Å². The molecule has 150 valence electrons. The Morgan fingerprint density at radius 2 is 1.89 bits per heavy atom. The average molecular weight is 385 g/mol. The zero-order chi connectivity index (χ0) is 20.5. The number of ether oxygens (including phenoxy) is 2. The molecule has 0 spiro atoms. The maximum Gasteiger partial charge on any atom is 0.255 e. The van der Waals surface area contributed by atoms with Crippen molar-refractivity contribution in [3.63, 3.8) is 0 Å². The van der Waals surface area contributed by atoms with Crippen LogP contribution in [0.5, 0.6) is 11.5 Å². The molecular formula is C21H27N3O4. The highest BCUT2D eigenvalue weighted by molar-refractivity contribution is 5.95. The minimum absolute atomic E-state index is 0.0880. The van der Waals surface area contributed by atoms with Crippen molar-refractivity contribution in [1.29, 1.82) is 0 Å². The molecule has 0 atom stereocenters. The number of nitrogens with two attached hydrogens (primary N) is 1. The second-order valence-corrected chi connectivity index (χ2v) is 6.78. The molecule has 7 heteroatoms. The summed E-state index contributed by atoms with van der Waals surface area (Å²) in [4.78, 5) is 23.1. The summed E-state index contributed by atoms with van der Waals surface area (Å²) in [6.07, 6.45) is 0. The van der Waals surface area contributed by atoms with E-state index in [1.54, 1.807) is 12.1 Å². The van der Waals surface area contributed by atoms with Crippen molar-refractivity contribution < 1.29 is 19.1 Å². The first-order chi connectivity index (χ1) is 13.4. The summed E-state index contributed by atoms with van der Waals surface area (Å²) < 4.78 is 10.6. The van der Waals surface area contributed by atoms with Gasteiger partial charge in [-0.3, -0.25) is 9.59 Å². The van der Waals surface area contributed by atoms with E-state index in [1.165, 1.54) is 7.11 Å². The van der Waals surface area contributed by atoms with E-state index in [1.807, 2.05) is 30.3 Å². The smallest absolute Gasteiger partial charge is 0.255 e. The Morgan fingerprint density at radius 1 is 1.11 bits per heavy atom. The third kappa shape index (κ3) is 6.50. The molecule has 0 aromatic heterocycles. The number of primary amides is 1. The summed E-state index contributed by atoms with van der Waals surface area (Å²) in [5.41, 5.74) is 7.50. The number of carbonyl (C=O) groups excluding carboxylic acids is 2. The third-order valence-electron chi connectivity index (χ3n) is 3.89. The molecule has 28 heavy (non-hydrogen) atoms. The van der Waals surface area contributed by atoms with E-state index >= 15 is 0 Å². The molecule has 2 rings (SSSR count). The predicted molar refractivity (Wildman–Crippen MR) is 109 cm³/mol. The van der Waals surface area contributed by atoms with Crippen LogP contribution in [0.15, 0.2) is 42.5 Å². The monoisotopic (exact) mass is 385 g/mol. The van der Waals surface area contributed by atoms with Gasteiger partial charge >= 0.3 is 0 Å². The van der Waals surface area contributed by atoms with E-state index in [4.69, 9.17) is 15.2 Å². The van der Waals surface area contributed by atoms with Crippen LogP contribution in [0.1, 0.15) is 29.8 Å². The Bertz CT molecular complexity index is 821. The van der Waals surface area contributed by atoms with E-state index in [9.17, 15) is 9.59 Å². The first kappa shape index (κ1) is 21.1. The lowest BCUT2D eigenvalue weighted by Crippen LogP contribution is -2.27. The van der Waals surface area contributed by atoms with Crippen molar-refractivity contribution in [3.05, 3.63) is 53.6 Å². The number of methoxy groups -OCH3 is 1. The minimum atomic E-state index is -0.551. The van der Waals surface area contributed by atoms with Gasteiger partial charge in [-0.2, -0.15) is 0 Å². The fourth-order valence-electron chi connectivity index (χ4n) is 2.46. The van der Waals surface area contributed by atoms with Crippen LogP contribution < -0.4 is 25.8 Å². The highest BCUT2D eigenvalue weighted by Gasteiger charge is 2.09. The summed E-state index contributed by atoms with van der Waals surface area (Å²) in [5, 5.41) is 6.20. The Labute approximate surface area is 165 Å². The van der Waals surface area contributed by atoms with E-state index in [0.29, 0.717) is 36.1 Å². The summed E-state index contributed by atoms with van der Waals surface area (Å²) in [7, 11) is 1.53.